The maximum absolute atomic E-state index is 5.88. The van der Waals surface area contributed by atoms with Gasteiger partial charge in [0.1, 0.15) is 5.75 Å². The Morgan fingerprint density at radius 1 is 1.20 bits per heavy atom. The number of piperazine rings is 1. The van der Waals surface area contributed by atoms with E-state index in [0.717, 1.165) is 56.4 Å². The lowest BCUT2D eigenvalue weighted by Crippen LogP contribution is -2.45. The molecule has 0 spiro atoms. The Kier molecular flexibility index (Phi) is 5.49. The first-order chi connectivity index (χ1) is 9.67. The number of ether oxygens (including phenoxy) is 1. The molecule has 0 unspecified atom stereocenters. The minimum absolute atomic E-state index is 0.657. The van der Waals surface area contributed by atoms with E-state index in [-0.39, 0.29) is 0 Å². The van der Waals surface area contributed by atoms with Gasteiger partial charge in [-0.15, -0.1) is 0 Å². The summed E-state index contributed by atoms with van der Waals surface area (Å²) in [5.74, 6) is 0.828. The van der Waals surface area contributed by atoms with Crippen LogP contribution < -0.4 is 15.8 Å². The Bertz CT molecular complexity index is 416. The van der Waals surface area contributed by atoms with E-state index in [0.29, 0.717) is 6.61 Å². The fraction of sp³-hybridized carbons (Fsp3) is 0.600. The van der Waals surface area contributed by atoms with Crippen molar-refractivity contribution in [3.63, 3.8) is 0 Å². The molecule has 0 radical (unpaired) electrons. The quantitative estimate of drug-likeness (QED) is 0.769. The van der Waals surface area contributed by atoms with Crippen LogP contribution in [-0.2, 0) is 0 Å². The van der Waals surface area contributed by atoms with Crippen molar-refractivity contribution in [2.24, 2.45) is 0 Å². The molecule has 5 heteroatoms. The first-order valence-corrected chi connectivity index (χ1v) is 7.35. The fourth-order valence-electron chi connectivity index (χ4n) is 2.40. The smallest absolute Gasteiger partial charge is 0.123 e. The van der Waals surface area contributed by atoms with E-state index in [1.165, 1.54) is 0 Å². The zero-order valence-corrected chi connectivity index (χ0v) is 12.6. The van der Waals surface area contributed by atoms with Gasteiger partial charge < -0.3 is 20.7 Å². The van der Waals surface area contributed by atoms with Crippen molar-refractivity contribution in [1.82, 2.24) is 9.80 Å². The number of hydrogen-bond donors (Lipinski definition) is 2. The zero-order chi connectivity index (χ0) is 14.4. The number of nitrogens with one attached hydrogen (secondary N) is 1. The molecule has 0 saturated carbocycles. The van der Waals surface area contributed by atoms with E-state index in [1.54, 1.807) is 0 Å². The zero-order valence-electron chi connectivity index (χ0n) is 12.6. The number of likely N-dealkylation sites (N-methyl/N-ethyl adjacent to an activating group) is 1. The molecule has 1 aliphatic rings. The summed E-state index contributed by atoms with van der Waals surface area (Å²) in [6.07, 6.45) is 0. The molecule has 20 heavy (non-hydrogen) atoms. The van der Waals surface area contributed by atoms with Crippen LogP contribution in [0.25, 0.3) is 0 Å². The van der Waals surface area contributed by atoms with Crippen LogP contribution in [0, 0.1) is 0 Å². The van der Waals surface area contributed by atoms with E-state index in [2.05, 4.69) is 22.2 Å². The molecule has 3 N–H and O–H groups in total. The van der Waals surface area contributed by atoms with Gasteiger partial charge in [-0.3, -0.25) is 4.90 Å². The van der Waals surface area contributed by atoms with Crippen molar-refractivity contribution in [3.05, 3.63) is 18.2 Å². The Morgan fingerprint density at radius 3 is 2.65 bits per heavy atom. The largest absolute Gasteiger partial charge is 0.494 e. The summed E-state index contributed by atoms with van der Waals surface area (Å²) >= 11 is 0. The van der Waals surface area contributed by atoms with Crippen molar-refractivity contribution < 1.29 is 4.74 Å². The van der Waals surface area contributed by atoms with Gasteiger partial charge in [-0.05, 0) is 20.0 Å². The molecule has 1 saturated heterocycles. The van der Waals surface area contributed by atoms with E-state index >= 15 is 0 Å². The third-order valence-electron chi connectivity index (χ3n) is 3.59. The highest BCUT2D eigenvalue weighted by molar-refractivity contribution is 5.59. The van der Waals surface area contributed by atoms with Gasteiger partial charge in [0.25, 0.3) is 0 Å². The third kappa shape index (κ3) is 4.58. The molecule has 0 bridgehead atoms. The first kappa shape index (κ1) is 14.9. The van der Waals surface area contributed by atoms with E-state index < -0.39 is 0 Å². The van der Waals surface area contributed by atoms with Gasteiger partial charge in [-0.1, -0.05) is 0 Å². The van der Waals surface area contributed by atoms with Crippen molar-refractivity contribution in [1.29, 1.82) is 0 Å². The lowest BCUT2D eigenvalue weighted by Gasteiger charge is -2.32. The van der Waals surface area contributed by atoms with Crippen LogP contribution in [0.2, 0.25) is 0 Å². The predicted octanol–water partition coefficient (Wildman–Crippen LogP) is 1.33. The van der Waals surface area contributed by atoms with Crippen LogP contribution in [0.5, 0.6) is 5.75 Å². The number of nitrogens with zero attached hydrogens (tertiary/aromatic N) is 2. The minimum atomic E-state index is 0.657. The second kappa shape index (κ2) is 7.36. The molecular formula is C15H26N4O. The minimum Gasteiger partial charge on any atom is -0.494 e. The summed E-state index contributed by atoms with van der Waals surface area (Å²) in [6, 6.07) is 5.81. The van der Waals surface area contributed by atoms with Crippen molar-refractivity contribution >= 4 is 11.4 Å². The summed E-state index contributed by atoms with van der Waals surface area (Å²) in [5, 5.41) is 3.43. The van der Waals surface area contributed by atoms with Crippen molar-refractivity contribution in [3.8, 4) is 5.75 Å². The first-order valence-electron chi connectivity index (χ1n) is 7.35. The third-order valence-corrected chi connectivity index (χ3v) is 3.59. The van der Waals surface area contributed by atoms with Gasteiger partial charge in [-0.2, -0.15) is 0 Å². The summed E-state index contributed by atoms with van der Waals surface area (Å²) in [4.78, 5) is 4.86. The van der Waals surface area contributed by atoms with E-state index in [4.69, 9.17) is 10.5 Å². The second-order valence-electron chi connectivity index (χ2n) is 5.30. The second-order valence-corrected chi connectivity index (χ2v) is 5.30. The molecular weight excluding hydrogens is 252 g/mol. The highest BCUT2D eigenvalue weighted by Crippen LogP contribution is 2.22. The van der Waals surface area contributed by atoms with Gasteiger partial charge in [0.05, 0.1) is 6.61 Å². The molecule has 0 amide bonds. The molecule has 112 valence electrons. The number of nitrogen functional groups attached to an aromatic ring is 1. The van der Waals surface area contributed by atoms with Crippen LogP contribution >= 0.6 is 0 Å². The Morgan fingerprint density at radius 2 is 1.95 bits per heavy atom. The SMILES string of the molecule is CCOc1cc(N)cc(NCCN2CCN(C)CC2)c1. The van der Waals surface area contributed by atoms with Gasteiger partial charge in [0.15, 0.2) is 0 Å². The Balaban J connectivity index is 1.78. The average molecular weight is 278 g/mol. The topological polar surface area (TPSA) is 53.8 Å². The maximum atomic E-state index is 5.88. The van der Waals surface area contributed by atoms with Crippen LogP contribution in [0.3, 0.4) is 0 Å². The standard InChI is InChI=1S/C15H26N4O/c1-3-20-15-11-13(16)10-14(12-15)17-4-5-19-8-6-18(2)7-9-19/h10-12,17H,3-9,16H2,1-2H3. The normalized spacial score (nSPS) is 17.1. The summed E-state index contributed by atoms with van der Waals surface area (Å²) in [5.41, 5.74) is 7.65. The molecule has 1 aromatic carbocycles. The molecule has 1 aliphatic heterocycles. The van der Waals surface area contributed by atoms with Gasteiger partial charge >= 0.3 is 0 Å². The average Bonchev–Trinajstić information content (AvgIpc) is 2.41. The summed E-state index contributed by atoms with van der Waals surface area (Å²) < 4.78 is 5.50. The fourth-order valence-corrected chi connectivity index (χ4v) is 2.40. The maximum Gasteiger partial charge on any atom is 0.123 e. The Labute approximate surface area is 121 Å². The molecule has 0 atom stereocenters. The lowest BCUT2D eigenvalue weighted by molar-refractivity contribution is 0.158. The predicted molar refractivity (Wildman–Crippen MR) is 84.5 cm³/mol. The van der Waals surface area contributed by atoms with E-state index in [1.807, 2.05) is 25.1 Å². The highest BCUT2D eigenvalue weighted by Gasteiger charge is 2.12. The highest BCUT2D eigenvalue weighted by atomic mass is 16.5. The monoisotopic (exact) mass is 278 g/mol. The number of anilines is 2. The van der Waals surface area contributed by atoms with Gasteiger partial charge in [0.2, 0.25) is 0 Å². The molecule has 0 aliphatic carbocycles. The molecule has 1 aromatic rings. The van der Waals surface area contributed by atoms with Crippen molar-refractivity contribution in [2.45, 2.75) is 6.92 Å². The molecule has 2 rings (SSSR count). The van der Waals surface area contributed by atoms with Crippen LogP contribution in [0.15, 0.2) is 18.2 Å². The van der Waals surface area contributed by atoms with Crippen molar-refractivity contribution in [2.75, 3.05) is 64.0 Å². The summed E-state index contributed by atoms with van der Waals surface area (Å²) in [6.45, 7) is 9.25. The lowest BCUT2D eigenvalue weighted by atomic mass is 10.2. The number of rotatable bonds is 6. The molecule has 1 fully saturated rings. The number of hydrogen-bond acceptors (Lipinski definition) is 5. The van der Waals surface area contributed by atoms with Crippen LogP contribution in [0.1, 0.15) is 6.92 Å². The Hall–Kier alpha value is -1.46. The molecule has 0 aromatic heterocycles. The van der Waals surface area contributed by atoms with Gasteiger partial charge in [0, 0.05) is 62.8 Å². The number of nitrogens with two attached hydrogens (primary N) is 1. The number of benzene rings is 1. The van der Waals surface area contributed by atoms with Crippen LogP contribution in [-0.4, -0.2) is 62.7 Å². The molecule has 5 nitrogen and oxygen atoms in total. The molecule has 1 heterocycles. The van der Waals surface area contributed by atoms with Gasteiger partial charge in [-0.25, -0.2) is 0 Å². The summed E-state index contributed by atoms with van der Waals surface area (Å²) in [7, 11) is 2.18. The van der Waals surface area contributed by atoms with E-state index in [9.17, 15) is 0 Å². The van der Waals surface area contributed by atoms with Crippen LogP contribution in [0.4, 0.5) is 11.4 Å².